The molecule has 2 rings (SSSR count). The van der Waals surface area contributed by atoms with Gasteiger partial charge in [0.1, 0.15) is 5.82 Å². The monoisotopic (exact) mass is 243 g/mol. The molecule has 0 aliphatic rings. The lowest BCUT2D eigenvalue weighted by Gasteiger charge is -2.06. The van der Waals surface area contributed by atoms with E-state index in [1.807, 2.05) is 7.05 Å². The van der Waals surface area contributed by atoms with Crippen molar-refractivity contribution in [2.45, 2.75) is 33.2 Å². The molecule has 0 bridgehead atoms. The summed E-state index contributed by atoms with van der Waals surface area (Å²) in [6.45, 7) is 6.96. The van der Waals surface area contributed by atoms with Gasteiger partial charge in [0, 0.05) is 18.3 Å². The van der Waals surface area contributed by atoms with Gasteiger partial charge in [0.05, 0.1) is 12.2 Å². The van der Waals surface area contributed by atoms with Gasteiger partial charge in [-0.1, -0.05) is 38.1 Å². The normalized spacial score (nSPS) is 11.2. The summed E-state index contributed by atoms with van der Waals surface area (Å²) in [4.78, 5) is 4.61. The Morgan fingerprint density at radius 2 is 1.83 bits per heavy atom. The van der Waals surface area contributed by atoms with Gasteiger partial charge in [-0.15, -0.1) is 0 Å². The molecule has 0 spiro atoms. The fourth-order valence-corrected chi connectivity index (χ4v) is 2.12. The zero-order valence-corrected chi connectivity index (χ0v) is 11.6. The van der Waals surface area contributed by atoms with Crippen LogP contribution in [0.1, 0.15) is 36.8 Å². The molecular formula is C15H21N3. The lowest BCUT2D eigenvalue weighted by molar-refractivity contribution is 0.774. The van der Waals surface area contributed by atoms with E-state index < -0.39 is 0 Å². The van der Waals surface area contributed by atoms with E-state index in [-0.39, 0.29) is 0 Å². The van der Waals surface area contributed by atoms with Gasteiger partial charge in [-0.3, -0.25) is 0 Å². The SMILES string of the molecule is Cc1c(-c2ccc(C(C)C)cc2)nc(CN)n1C. The molecule has 0 saturated heterocycles. The van der Waals surface area contributed by atoms with Gasteiger partial charge in [0.2, 0.25) is 0 Å². The number of nitrogens with zero attached hydrogens (tertiary/aromatic N) is 2. The molecule has 0 aliphatic heterocycles. The highest BCUT2D eigenvalue weighted by molar-refractivity contribution is 5.62. The summed E-state index contributed by atoms with van der Waals surface area (Å²) in [5, 5.41) is 0. The molecule has 2 aromatic rings. The number of hydrogen-bond donors (Lipinski definition) is 1. The smallest absolute Gasteiger partial charge is 0.123 e. The van der Waals surface area contributed by atoms with Crippen LogP contribution in [0.3, 0.4) is 0 Å². The quantitative estimate of drug-likeness (QED) is 0.900. The Morgan fingerprint density at radius 3 is 2.28 bits per heavy atom. The van der Waals surface area contributed by atoms with Gasteiger partial charge < -0.3 is 10.3 Å². The highest BCUT2D eigenvalue weighted by atomic mass is 15.1. The molecule has 0 saturated carbocycles. The second kappa shape index (κ2) is 4.94. The molecule has 3 nitrogen and oxygen atoms in total. The van der Waals surface area contributed by atoms with E-state index in [1.165, 1.54) is 5.56 Å². The largest absolute Gasteiger partial charge is 0.334 e. The van der Waals surface area contributed by atoms with Gasteiger partial charge in [0.25, 0.3) is 0 Å². The molecule has 18 heavy (non-hydrogen) atoms. The number of rotatable bonds is 3. The summed E-state index contributed by atoms with van der Waals surface area (Å²) in [5.41, 5.74) is 10.4. The summed E-state index contributed by atoms with van der Waals surface area (Å²) in [6.07, 6.45) is 0. The van der Waals surface area contributed by atoms with E-state index in [9.17, 15) is 0 Å². The molecule has 0 atom stereocenters. The maximum atomic E-state index is 5.69. The third-order valence-corrected chi connectivity index (χ3v) is 3.51. The number of nitrogens with two attached hydrogens (primary N) is 1. The number of benzene rings is 1. The average Bonchev–Trinajstić information content (AvgIpc) is 2.66. The summed E-state index contributed by atoms with van der Waals surface area (Å²) in [5.74, 6) is 1.49. The van der Waals surface area contributed by atoms with Crippen molar-refractivity contribution >= 4 is 0 Å². The minimum atomic E-state index is 0.474. The van der Waals surface area contributed by atoms with Crippen molar-refractivity contribution in [3.8, 4) is 11.3 Å². The van der Waals surface area contributed by atoms with Crippen molar-refractivity contribution in [2.24, 2.45) is 12.8 Å². The molecule has 0 aliphatic carbocycles. The van der Waals surface area contributed by atoms with Crippen molar-refractivity contribution in [1.82, 2.24) is 9.55 Å². The predicted molar refractivity (Wildman–Crippen MR) is 75.4 cm³/mol. The van der Waals surface area contributed by atoms with Crippen molar-refractivity contribution in [1.29, 1.82) is 0 Å². The van der Waals surface area contributed by atoms with E-state index in [1.54, 1.807) is 0 Å². The minimum Gasteiger partial charge on any atom is -0.334 e. The Balaban J connectivity index is 2.42. The summed E-state index contributed by atoms with van der Waals surface area (Å²) >= 11 is 0. The maximum Gasteiger partial charge on any atom is 0.123 e. The first kappa shape index (κ1) is 12.8. The van der Waals surface area contributed by atoms with Crippen LogP contribution in [-0.2, 0) is 13.6 Å². The highest BCUT2D eigenvalue weighted by Crippen LogP contribution is 2.25. The van der Waals surface area contributed by atoms with Crippen LogP contribution in [0.5, 0.6) is 0 Å². The van der Waals surface area contributed by atoms with Crippen molar-refractivity contribution in [3.05, 3.63) is 41.3 Å². The van der Waals surface area contributed by atoms with E-state index in [0.29, 0.717) is 12.5 Å². The highest BCUT2D eigenvalue weighted by Gasteiger charge is 2.11. The van der Waals surface area contributed by atoms with Gasteiger partial charge in [-0.25, -0.2) is 4.98 Å². The Labute approximate surface area is 109 Å². The minimum absolute atomic E-state index is 0.474. The van der Waals surface area contributed by atoms with E-state index in [0.717, 1.165) is 22.8 Å². The first-order valence-electron chi connectivity index (χ1n) is 6.37. The zero-order valence-electron chi connectivity index (χ0n) is 11.6. The van der Waals surface area contributed by atoms with Crippen molar-refractivity contribution in [2.75, 3.05) is 0 Å². The van der Waals surface area contributed by atoms with Crippen LogP contribution < -0.4 is 5.73 Å². The Hall–Kier alpha value is -1.61. The fraction of sp³-hybridized carbons (Fsp3) is 0.400. The molecular weight excluding hydrogens is 222 g/mol. The Morgan fingerprint density at radius 1 is 1.22 bits per heavy atom. The number of aromatic nitrogens is 2. The van der Waals surface area contributed by atoms with E-state index in [4.69, 9.17) is 5.73 Å². The summed E-state index contributed by atoms with van der Waals surface area (Å²) in [7, 11) is 2.01. The van der Waals surface area contributed by atoms with E-state index in [2.05, 4.69) is 54.6 Å². The standard InChI is InChI=1S/C15H21N3/c1-10(2)12-5-7-13(8-6-12)15-11(3)18(4)14(9-16)17-15/h5-8,10H,9,16H2,1-4H3. The Kier molecular flexibility index (Phi) is 3.53. The number of imidazole rings is 1. The van der Waals surface area contributed by atoms with Gasteiger partial charge >= 0.3 is 0 Å². The van der Waals surface area contributed by atoms with Crippen LogP contribution in [-0.4, -0.2) is 9.55 Å². The molecule has 0 amide bonds. The average molecular weight is 243 g/mol. The third kappa shape index (κ3) is 2.18. The summed E-state index contributed by atoms with van der Waals surface area (Å²) in [6, 6.07) is 8.64. The van der Waals surface area contributed by atoms with E-state index >= 15 is 0 Å². The molecule has 2 N–H and O–H groups in total. The van der Waals surface area contributed by atoms with Gasteiger partial charge in [-0.2, -0.15) is 0 Å². The maximum absolute atomic E-state index is 5.69. The van der Waals surface area contributed by atoms with Crippen LogP contribution in [0.15, 0.2) is 24.3 Å². The lowest BCUT2D eigenvalue weighted by Crippen LogP contribution is -2.05. The molecule has 1 aromatic carbocycles. The number of hydrogen-bond acceptors (Lipinski definition) is 2. The molecule has 0 fully saturated rings. The lowest BCUT2D eigenvalue weighted by atomic mass is 10.0. The molecule has 0 radical (unpaired) electrons. The van der Waals surface area contributed by atoms with Crippen LogP contribution in [0.2, 0.25) is 0 Å². The molecule has 0 unspecified atom stereocenters. The molecule has 3 heteroatoms. The second-order valence-corrected chi connectivity index (χ2v) is 5.00. The van der Waals surface area contributed by atoms with Crippen LogP contribution >= 0.6 is 0 Å². The first-order chi connectivity index (χ1) is 8.54. The zero-order chi connectivity index (χ0) is 13.3. The fourth-order valence-electron chi connectivity index (χ4n) is 2.12. The molecule has 1 heterocycles. The van der Waals surface area contributed by atoms with Crippen molar-refractivity contribution < 1.29 is 0 Å². The first-order valence-corrected chi connectivity index (χ1v) is 6.37. The van der Waals surface area contributed by atoms with Gasteiger partial charge in [-0.05, 0) is 18.4 Å². The third-order valence-electron chi connectivity index (χ3n) is 3.51. The van der Waals surface area contributed by atoms with Crippen LogP contribution in [0.25, 0.3) is 11.3 Å². The molecule has 96 valence electrons. The topological polar surface area (TPSA) is 43.8 Å². The van der Waals surface area contributed by atoms with Gasteiger partial charge in [0.15, 0.2) is 0 Å². The predicted octanol–water partition coefficient (Wildman–Crippen LogP) is 2.98. The molecule has 1 aromatic heterocycles. The second-order valence-electron chi connectivity index (χ2n) is 5.00. The van der Waals surface area contributed by atoms with Crippen molar-refractivity contribution in [3.63, 3.8) is 0 Å². The Bertz CT molecular complexity index is 536. The van der Waals surface area contributed by atoms with Crippen LogP contribution in [0.4, 0.5) is 0 Å². The van der Waals surface area contributed by atoms with Crippen LogP contribution in [0, 0.1) is 6.92 Å². The summed E-state index contributed by atoms with van der Waals surface area (Å²) < 4.78 is 2.06.